The number of hydrogen-bond donors (Lipinski definition) is 2. The van der Waals surface area contributed by atoms with Crippen LogP contribution in [0.25, 0.3) is 0 Å². The molecule has 1 aliphatic heterocycles. The van der Waals surface area contributed by atoms with Crippen LogP contribution in [0.3, 0.4) is 0 Å². The van der Waals surface area contributed by atoms with Crippen LogP contribution in [0.1, 0.15) is 43.7 Å². The monoisotopic (exact) mass is 321 g/mol. The topological polar surface area (TPSA) is 87.1 Å². The normalized spacial score (nSPS) is 18.6. The zero-order valence-electron chi connectivity index (χ0n) is 13.7. The molecule has 1 aromatic rings. The maximum atomic E-state index is 11.2. The number of aliphatic carboxylic acids is 1. The molecule has 1 fully saturated rings. The van der Waals surface area contributed by atoms with Crippen molar-refractivity contribution in [2.24, 2.45) is 0 Å². The number of likely N-dealkylation sites (tertiary alicyclic amines) is 1. The Hall–Kier alpha value is -2.24. The fourth-order valence-electron chi connectivity index (χ4n) is 2.78. The molecule has 0 bridgehead atoms. The Bertz CT molecular complexity index is 611. The van der Waals surface area contributed by atoms with Crippen molar-refractivity contribution in [3.8, 4) is 5.75 Å². The molecule has 1 aliphatic rings. The van der Waals surface area contributed by atoms with Gasteiger partial charge in [-0.3, -0.25) is 0 Å². The van der Waals surface area contributed by atoms with E-state index in [2.05, 4.69) is 0 Å². The summed E-state index contributed by atoms with van der Waals surface area (Å²) in [6, 6.07) is 5.63. The third-order valence-corrected chi connectivity index (χ3v) is 4.24. The van der Waals surface area contributed by atoms with E-state index in [0.29, 0.717) is 18.8 Å². The van der Waals surface area contributed by atoms with Crippen molar-refractivity contribution in [3.63, 3.8) is 0 Å². The van der Waals surface area contributed by atoms with Gasteiger partial charge in [0.25, 0.3) is 0 Å². The Labute approximate surface area is 135 Å². The molecule has 0 aromatic heterocycles. The SMILES string of the molecule is Cc1cc(C2CCCN(C(=O)O)C2)ccc1OC(C)(C)C(=O)O. The zero-order valence-corrected chi connectivity index (χ0v) is 13.7. The van der Waals surface area contributed by atoms with Gasteiger partial charge in [-0.05, 0) is 50.8 Å². The number of carboxylic acid groups (broad SMARTS) is 2. The molecule has 2 N–H and O–H groups in total. The average Bonchev–Trinajstić information content (AvgIpc) is 2.49. The van der Waals surface area contributed by atoms with Gasteiger partial charge in [-0.15, -0.1) is 0 Å². The van der Waals surface area contributed by atoms with Crippen LogP contribution in [0.15, 0.2) is 18.2 Å². The maximum absolute atomic E-state index is 11.2. The molecule has 6 heteroatoms. The van der Waals surface area contributed by atoms with E-state index in [4.69, 9.17) is 14.9 Å². The van der Waals surface area contributed by atoms with Crippen molar-refractivity contribution in [1.82, 2.24) is 4.90 Å². The van der Waals surface area contributed by atoms with Crippen molar-refractivity contribution in [3.05, 3.63) is 29.3 Å². The van der Waals surface area contributed by atoms with Crippen LogP contribution in [0.2, 0.25) is 0 Å². The van der Waals surface area contributed by atoms with Crippen LogP contribution in [-0.4, -0.2) is 45.9 Å². The van der Waals surface area contributed by atoms with Gasteiger partial charge in [0.15, 0.2) is 5.60 Å². The van der Waals surface area contributed by atoms with E-state index >= 15 is 0 Å². The largest absolute Gasteiger partial charge is 0.478 e. The van der Waals surface area contributed by atoms with E-state index in [0.717, 1.165) is 24.0 Å². The van der Waals surface area contributed by atoms with Crippen LogP contribution in [0.5, 0.6) is 5.75 Å². The highest BCUT2D eigenvalue weighted by molar-refractivity contribution is 5.76. The summed E-state index contributed by atoms with van der Waals surface area (Å²) in [4.78, 5) is 23.7. The van der Waals surface area contributed by atoms with E-state index in [1.165, 1.54) is 18.7 Å². The first-order valence-electron chi connectivity index (χ1n) is 7.71. The van der Waals surface area contributed by atoms with E-state index in [1.54, 1.807) is 6.07 Å². The number of nitrogens with zero attached hydrogens (tertiary/aromatic N) is 1. The molecule has 0 spiro atoms. The summed E-state index contributed by atoms with van der Waals surface area (Å²) in [6.45, 7) is 5.96. The lowest BCUT2D eigenvalue weighted by Gasteiger charge is -2.31. The Morgan fingerprint density at radius 3 is 2.57 bits per heavy atom. The minimum Gasteiger partial charge on any atom is -0.478 e. The van der Waals surface area contributed by atoms with Gasteiger partial charge in [-0.2, -0.15) is 0 Å². The quantitative estimate of drug-likeness (QED) is 0.890. The van der Waals surface area contributed by atoms with Crippen molar-refractivity contribution in [2.45, 2.75) is 45.1 Å². The van der Waals surface area contributed by atoms with Crippen LogP contribution in [0, 0.1) is 6.92 Å². The smallest absolute Gasteiger partial charge is 0.407 e. The molecular weight excluding hydrogens is 298 g/mol. The minimum atomic E-state index is -1.29. The number of piperidine rings is 1. The van der Waals surface area contributed by atoms with E-state index in [9.17, 15) is 9.59 Å². The second kappa shape index (κ2) is 6.48. The molecule has 1 unspecified atom stereocenters. The number of ether oxygens (including phenoxy) is 1. The molecule has 126 valence electrons. The van der Waals surface area contributed by atoms with Gasteiger partial charge in [-0.25, -0.2) is 9.59 Å². The van der Waals surface area contributed by atoms with Gasteiger partial charge < -0.3 is 19.8 Å². The number of hydrogen-bond acceptors (Lipinski definition) is 3. The molecule has 23 heavy (non-hydrogen) atoms. The second-order valence-electron chi connectivity index (χ2n) is 6.51. The lowest BCUT2D eigenvalue weighted by atomic mass is 9.90. The summed E-state index contributed by atoms with van der Waals surface area (Å²) in [6.07, 6.45) is 0.916. The fraction of sp³-hybridized carbons (Fsp3) is 0.529. The highest BCUT2D eigenvalue weighted by atomic mass is 16.5. The van der Waals surface area contributed by atoms with Crippen molar-refractivity contribution >= 4 is 12.1 Å². The first kappa shape index (κ1) is 17.1. The molecule has 1 amide bonds. The molecule has 1 saturated heterocycles. The lowest BCUT2D eigenvalue weighted by Crippen LogP contribution is -2.38. The molecular formula is C17H23NO5. The Kier molecular flexibility index (Phi) is 4.82. The van der Waals surface area contributed by atoms with Gasteiger partial charge in [0.1, 0.15) is 5.75 Å². The third kappa shape index (κ3) is 3.94. The Morgan fingerprint density at radius 1 is 1.30 bits per heavy atom. The number of carbonyl (C=O) groups is 2. The minimum absolute atomic E-state index is 0.167. The predicted molar refractivity (Wildman–Crippen MR) is 85.1 cm³/mol. The van der Waals surface area contributed by atoms with E-state index in [-0.39, 0.29) is 5.92 Å². The van der Waals surface area contributed by atoms with Gasteiger partial charge in [0.05, 0.1) is 0 Å². The van der Waals surface area contributed by atoms with E-state index < -0.39 is 17.7 Å². The van der Waals surface area contributed by atoms with Crippen molar-refractivity contribution in [1.29, 1.82) is 0 Å². The Balaban J connectivity index is 2.16. The number of amides is 1. The molecule has 1 atom stereocenters. The second-order valence-corrected chi connectivity index (χ2v) is 6.51. The van der Waals surface area contributed by atoms with Crippen LogP contribution in [0.4, 0.5) is 4.79 Å². The van der Waals surface area contributed by atoms with Gasteiger partial charge in [0, 0.05) is 19.0 Å². The molecule has 6 nitrogen and oxygen atoms in total. The summed E-state index contributed by atoms with van der Waals surface area (Å²) < 4.78 is 5.59. The molecule has 2 rings (SSSR count). The van der Waals surface area contributed by atoms with Crippen LogP contribution in [-0.2, 0) is 4.79 Å². The highest BCUT2D eigenvalue weighted by Gasteiger charge is 2.30. The molecule has 0 aliphatic carbocycles. The number of aryl methyl sites for hydroxylation is 1. The highest BCUT2D eigenvalue weighted by Crippen LogP contribution is 2.31. The molecule has 0 saturated carbocycles. The number of rotatable bonds is 4. The molecule has 1 heterocycles. The summed E-state index contributed by atoms with van der Waals surface area (Å²) in [5, 5.41) is 18.3. The number of benzene rings is 1. The molecule has 1 aromatic carbocycles. The zero-order chi connectivity index (χ0) is 17.2. The lowest BCUT2D eigenvalue weighted by molar-refractivity contribution is -0.152. The van der Waals surface area contributed by atoms with E-state index in [1.807, 2.05) is 19.1 Å². The summed E-state index contributed by atoms with van der Waals surface area (Å²) >= 11 is 0. The first-order valence-corrected chi connectivity index (χ1v) is 7.71. The van der Waals surface area contributed by atoms with Crippen molar-refractivity contribution < 1.29 is 24.5 Å². The van der Waals surface area contributed by atoms with Gasteiger partial charge >= 0.3 is 12.1 Å². The van der Waals surface area contributed by atoms with Gasteiger partial charge in [-0.1, -0.05) is 12.1 Å². The van der Waals surface area contributed by atoms with Crippen LogP contribution < -0.4 is 4.74 Å². The standard InChI is InChI=1S/C17H23NO5/c1-11-9-12(13-5-4-8-18(10-13)16(21)22)6-7-14(11)23-17(2,3)15(19)20/h6-7,9,13H,4-5,8,10H2,1-3H3,(H,19,20)(H,21,22). The predicted octanol–water partition coefficient (Wildman–Crippen LogP) is 3.09. The van der Waals surface area contributed by atoms with Crippen LogP contribution >= 0.6 is 0 Å². The van der Waals surface area contributed by atoms with Gasteiger partial charge in [0.2, 0.25) is 0 Å². The van der Waals surface area contributed by atoms with Crippen molar-refractivity contribution in [2.75, 3.05) is 13.1 Å². The molecule has 0 radical (unpaired) electrons. The summed E-state index contributed by atoms with van der Waals surface area (Å²) in [5.74, 6) is -0.322. The maximum Gasteiger partial charge on any atom is 0.407 e. The average molecular weight is 321 g/mol. The summed E-state index contributed by atoms with van der Waals surface area (Å²) in [5.41, 5.74) is 0.621. The number of carboxylic acids is 1. The Morgan fingerprint density at radius 2 is 2.00 bits per heavy atom. The summed E-state index contributed by atoms with van der Waals surface area (Å²) in [7, 11) is 0. The third-order valence-electron chi connectivity index (χ3n) is 4.24. The first-order chi connectivity index (χ1) is 10.7. The fourth-order valence-corrected chi connectivity index (χ4v) is 2.78.